The summed E-state index contributed by atoms with van der Waals surface area (Å²) in [5.41, 5.74) is 2.65. The van der Waals surface area contributed by atoms with E-state index in [2.05, 4.69) is 15.5 Å². The number of hydrogen-bond acceptors (Lipinski definition) is 3. The molecule has 3 rings (SSSR count). The van der Waals surface area contributed by atoms with Crippen LogP contribution in [0.15, 0.2) is 42.5 Å². The molecule has 1 aliphatic heterocycles. The maximum Gasteiger partial charge on any atom is 0.253 e. The summed E-state index contributed by atoms with van der Waals surface area (Å²) in [4.78, 5) is 26.9. The number of nitrogens with zero attached hydrogens (tertiary/aromatic N) is 1. The first kappa shape index (κ1) is 20.1. The molecule has 2 N–H and O–H groups in total. The first-order valence-electron chi connectivity index (χ1n) is 9.30. The van der Waals surface area contributed by atoms with Crippen molar-refractivity contribution in [1.29, 1.82) is 0 Å². The SMILES string of the molecule is CC(Cl)C(=O)Nc1ccc(N2CCCC2)c(C(=O)NCc2ccc(F)cc2)c1. The van der Waals surface area contributed by atoms with Gasteiger partial charge in [0, 0.05) is 31.0 Å². The van der Waals surface area contributed by atoms with E-state index in [1.54, 1.807) is 31.2 Å². The number of nitrogens with one attached hydrogen (secondary N) is 2. The third-order valence-corrected chi connectivity index (χ3v) is 4.88. The monoisotopic (exact) mass is 403 g/mol. The second-order valence-corrected chi connectivity index (χ2v) is 7.50. The number of carbonyl (C=O) groups excluding carboxylic acids is 2. The van der Waals surface area contributed by atoms with Crippen LogP contribution in [0.1, 0.15) is 35.7 Å². The average molecular weight is 404 g/mol. The topological polar surface area (TPSA) is 61.4 Å². The van der Waals surface area contributed by atoms with E-state index in [0.29, 0.717) is 11.3 Å². The van der Waals surface area contributed by atoms with Gasteiger partial charge in [-0.05, 0) is 55.7 Å². The van der Waals surface area contributed by atoms with Crippen molar-refractivity contribution < 1.29 is 14.0 Å². The standard InChI is InChI=1S/C21H23ClFN3O2/c1-14(22)20(27)25-17-8-9-19(26-10-2-3-11-26)18(12-17)21(28)24-13-15-4-6-16(23)7-5-15/h4-9,12,14H,2-3,10-11,13H2,1H3,(H,24,28)(H,25,27). The van der Waals surface area contributed by atoms with Gasteiger partial charge in [0.05, 0.1) is 5.56 Å². The van der Waals surface area contributed by atoms with Crippen molar-refractivity contribution in [2.45, 2.75) is 31.7 Å². The highest BCUT2D eigenvalue weighted by Gasteiger charge is 2.21. The summed E-state index contributed by atoms with van der Waals surface area (Å²) in [5.74, 6) is -0.891. The lowest BCUT2D eigenvalue weighted by Crippen LogP contribution is -2.28. The first-order valence-corrected chi connectivity index (χ1v) is 9.74. The Morgan fingerprint density at radius 2 is 1.82 bits per heavy atom. The average Bonchev–Trinajstić information content (AvgIpc) is 3.21. The number of alkyl halides is 1. The number of carbonyl (C=O) groups is 2. The molecule has 0 aromatic heterocycles. The van der Waals surface area contributed by atoms with Gasteiger partial charge >= 0.3 is 0 Å². The molecule has 1 heterocycles. The Hall–Kier alpha value is -2.60. The summed E-state index contributed by atoms with van der Waals surface area (Å²) in [6.07, 6.45) is 2.16. The summed E-state index contributed by atoms with van der Waals surface area (Å²) >= 11 is 5.82. The quantitative estimate of drug-likeness (QED) is 0.718. The number of benzene rings is 2. The fourth-order valence-corrected chi connectivity index (χ4v) is 3.21. The molecule has 2 aromatic carbocycles. The Balaban J connectivity index is 1.80. The van der Waals surface area contributed by atoms with Crippen molar-refractivity contribution in [2.24, 2.45) is 0 Å². The highest BCUT2D eigenvalue weighted by atomic mass is 35.5. The predicted molar refractivity (Wildman–Crippen MR) is 109 cm³/mol. The Kier molecular flexibility index (Phi) is 6.52. The van der Waals surface area contributed by atoms with Gasteiger partial charge in [0.25, 0.3) is 5.91 Å². The normalized spacial score (nSPS) is 14.6. The zero-order valence-corrected chi connectivity index (χ0v) is 16.4. The van der Waals surface area contributed by atoms with E-state index < -0.39 is 5.38 Å². The van der Waals surface area contributed by atoms with Crippen LogP contribution in [0.25, 0.3) is 0 Å². The van der Waals surface area contributed by atoms with Gasteiger partial charge in [-0.15, -0.1) is 11.6 Å². The molecule has 2 aromatic rings. The van der Waals surface area contributed by atoms with Crippen molar-refractivity contribution in [3.63, 3.8) is 0 Å². The maximum absolute atomic E-state index is 13.0. The molecule has 0 spiro atoms. The van der Waals surface area contributed by atoms with Crippen molar-refractivity contribution in [2.75, 3.05) is 23.3 Å². The first-order chi connectivity index (χ1) is 13.4. The van der Waals surface area contributed by atoms with Crippen LogP contribution in [0.4, 0.5) is 15.8 Å². The van der Waals surface area contributed by atoms with Crippen LogP contribution in [-0.4, -0.2) is 30.3 Å². The van der Waals surface area contributed by atoms with Crippen molar-refractivity contribution in [1.82, 2.24) is 5.32 Å². The lowest BCUT2D eigenvalue weighted by atomic mass is 10.1. The van der Waals surface area contributed by atoms with E-state index in [4.69, 9.17) is 11.6 Å². The molecule has 28 heavy (non-hydrogen) atoms. The van der Waals surface area contributed by atoms with E-state index in [9.17, 15) is 14.0 Å². The van der Waals surface area contributed by atoms with E-state index in [1.807, 2.05) is 6.07 Å². The lowest BCUT2D eigenvalue weighted by Gasteiger charge is -2.22. The molecule has 1 saturated heterocycles. The summed E-state index contributed by atoms with van der Waals surface area (Å²) in [5, 5.41) is 4.93. The van der Waals surface area contributed by atoms with Crippen LogP contribution in [0, 0.1) is 5.82 Å². The van der Waals surface area contributed by atoms with Gasteiger partial charge < -0.3 is 15.5 Å². The smallest absolute Gasteiger partial charge is 0.253 e. The molecule has 0 aliphatic carbocycles. The Morgan fingerprint density at radius 3 is 2.46 bits per heavy atom. The summed E-state index contributed by atoms with van der Waals surface area (Å²) in [7, 11) is 0. The molecular formula is C21H23ClFN3O2. The number of halogens is 2. The summed E-state index contributed by atoms with van der Waals surface area (Å²) in [6.45, 7) is 3.66. The lowest BCUT2D eigenvalue weighted by molar-refractivity contribution is -0.115. The minimum absolute atomic E-state index is 0.249. The van der Waals surface area contributed by atoms with Gasteiger partial charge in [-0.3, -0.25) is 9.59 Å². The Bertz CT molecular complexity index is 849. The van der Waals surface area contributed by atoms with Crippen LogP contribution in [0.5, 0.6) is 0 Å². The van der Waals surface area contributed by atoms with E-state index in [1.165, 1.54) is 12.1 Å². The molecule has 0 radical (unpaired) electrons. The molecule has 1 atom stereocenters. The van der Waals surface area contributed by atoms with Crippen molar-refractivity contribution in [3.05, 3.63) is 59.4 Å². The fraction of sp³-hybridized carbons (Fsp3) is 0.333. The zero-order chi connectivity index (χ0) is 20.1. The minimum Gasteiger partial charge on any atom is -0.371 e. The number of amides is 2. The molecule has 148 valence electrons. The Morgan fingerprint density at radius 1 is 1.14 bits per heavy atom. The van der Waals surface area contributed by atoms with Gasteiger partial charge in [-0.2, -0.15) is 0 Å². The second kappa shape index (κ2) is 9.06. The molecule has 1 unspecified atom stereocenters. The molecule has 0 saturated carbocycles. The highest BCUT2D eigenvalue weighted by molar-refractivity contribution is 6.32. The van der Waals surface area contributed by atoms with Gasteiger partial charge in [-0.25, -0.2) is 4.39 Å². The van der Waals surface area contributed by atoms with Gasteiger partial charge in [0.15, 0.2) is 0 Å². The van der Waals surface area contributed by atoms with Crippen LogP contribution in [-0.2, 0) is 11.3 Å². The fourth-order valence-electron chi connectivity index (χ4n) is 3.15. The minimum atomic E-state index is -0.672. The molecule has 7 heteroatoms. The second-order valence-electron chi connectivity index (χ2n) is 6.84. The number of anilines is 2. The van der Waals surface area contributed by atoms with Crippen LogP contribution < -0.4 is 15.5 Å². The molecule has 1 aliphatic rings. The number of hydrogen-bond donors (Lipinski definition) is 2. The molecule has 2 amide bonds. The van der Waals surface area contributed by atoms with Crippen LogP contribution >= 0.6 is 11.6 Å². The molecular weight excluding hydrogens is 381 g/mol. The summed E-state index contributed by atoms with van der Waals surface area (Å²) in [6, 6.07) is 11.3. The molecule has 5 nitrogen and oxygen atoms in total. The van der Waals surface area contributed by atoms with Crippen molar-refractivity contribution >= 4 is 34.8 Å². The molecule has 1 fully saturated rings. The predicted octanol–water partition coefficient (Wildman–Crippen LogP) is 3.92. The number of rotatable bonds is 6. The van der Waals surface area contributed by atoms with E-state index >= 15 is 0 Å². The third kappa shape index (κ3) is 5.01. The van der Waals surface area contributed by atoms with Gasteiger partial charge in [0.2, 0.25) is 5.91 Å². The maximum atomic E-state index is 13.0. The highest BCUT2D eigenvalue weighted by Crippen LogP contribution is 2.28. The van der Waals surface area contributed by atoms with Gasteiger partial charge in [0.1, 0.15) is 11.2 Å². The summed E-state index contributed by atoms with van der Waals surface area (Å²) < 4.78 is 13.0. The Labute approximate surface area is 168 Å². The largest absolute Gasteiger partial charge is 0.371 e. The van der Waals surface area contributed by atoms with Crippen LogP contribution in [0.3, 0.4) is 0 Å². The zero-order valence-electron chi connectivity index (χ0n) is 15.7. The van der Waals surface area contributed by atoms with Crippen LogP contribution in [0.2, 0.25) is 0 Å². The molecule has 0 bridgehead atoms. The third-order valence-electron chi connectivity index (χ3n) is 4.68. The van der Waals surface area contributed by atoms with E-state index in [0.717, 1.165) is 37.2 Å². The van der Waals surface area contributed by atoms with E-state index in [-0.39, 0.29) is 24.2 Å². The van der Waals surface area contributed by atoms with Gasteiger partial charge in [-0.1, -0.05) is 12.1 Å². The van der Waals surface area contributed by atoms with Crippen molar-refractivity contribution in [3.8, 4) is 0 Å².